The third-order valence-electron chi connectivity index (χ3n) is 4.23. The van der Waals surface area contributed by atoms with Gasteiger partial charge in [-0.15, -0.1) is 0 Å². The highest BCUT2D eigenvalue weighted by Crippen LogP contribution is 2.22. The molecule has 1 aromatic heterocycles. The number of aromatic nitrogens is 1. The van der Waals surface area contributed by atoms with Crippen LogP contribution in [0.1, 0.15) is 31.4 Å². The van der Waals surface area contributed by atoms with Gasteiger partial charge >= 0.3 is 0 Å². The van der Waals surface area contributed by atoms with Gasteiger partial charge in [-0.1, -0.05) is 13.8 Å². The van der Waals surface area contributed by atoms with E-state index in [1.54, 1.807) is 0 Å². The van der Waals surface area contributed by atoms with Crippen LogP contribution in [-0.2, 0) is 6.54 Å². The Balaban J connectivity index is 2.08. The van der Waals surface area contributed by atoms with Gasteiger partial charge in [-0.25, -0.2) is 4.98 Å². The molecule has 1 fully saturated rings. The number of hydrogen-bond acceptors (Lipinski definition) is 4. The van der Waals surface area contributed by atoms with Crippen molar-refractivity contribution in [3.8, 4) is 0 Å². The van der Waals surface area contributed by atoms with Gasteiger partial charge in [-0.3, -0.25) is 4.90 Å². The second-order valence-corrected chi connectivity index (χ2v) is 5.75. The molecule has 0 bridgehead atoms. The summed E-state index contributed by atoms with van der Waals surface area (Å²) < 4.78 is 0. The Labute approximate surface area is 123 Å². The predicted molar refractivity (Wildman–Crippen MR) is 85.3 cm³/mol. The molecule has 1 aromatic rings. The molecule has 0 spiro atoms. The fourth-order valence-electron chi connectivity index (χ4n) is 2.90. The largest absolute Gasteiger partial charge is 0.354 e. The van der Waals surface area contributed by atoms with E-state index < -0.39 is 0 Å². The van der Waals surface area contributed by atoms with Crippen LogP contribution < -0.4 is 10.2 Å². The maximum atomic E-state index is 4.72. The zero-order valence-corrected chi connectivity index (χ0v) is 13.3. The van der Waals surface area contributed by atoms with Crippen molar-refractivity contribution in [2.24, 2.45) is 0 Å². The first-order chi connectivity index (χ1) is 9.65. The van der Waals surface area contributed by atoms with Crippen LogP contribution in [0.25, 0.3) is 0 Å². The molecule has 1 aliphatic rings. The van der Waals surface area contributed by atoms with E-state index in [0.717, 1.165) is 38.5 Å². The number of rotatable bonds is 5. The van der Waals surface area contributed by atoms with Gasteiger partial charge in [0, 0.05) is 38.4 Å². The smallest absolute Gasteiger partial charge is 0.131 e. The summed E-state index contributed by atoms with van der Waals surface area (Å²) in [5.74, 6) is 1.16. The van der Waals surface area contributed by atoms with Crippen molar-refractivity contribution in [3.05, 3.63) is 23.4 Å². The highest BCUT2D eigenvalue weighted by atomic mass is 15.3. The summed E-state index contributed by atoms with van der Waals surface area (Å²) in [5.41, 5.74) is 2.56. The normalized spacial score (nSPS) is 20.4. The van der Waals surface area contributed by atoms with Crippen LogP contribution >= 0.6 is 0 Å². The van der Waals surface area contributed by atoms with Gasteiger partial charge in [-0.2, -0.15) is 0 Å². The summed E-state index contributed by atoms with van der Waals surface area (Å²) in [6.45, 7) is 11.8. The van der Waals surface area contributed by atoms with Gasteiger partial charge < -0.3 is 10.2 Å². The quantitative estimate of drug-likeness (QED) is 0.891. The Bertz CT molecular complexity index is 432. The van der Waals surface area contributed by atoms with Crippen LogP contribution in [0.2, 0.25) is 0 Å². The van der Waals surface area contributed by atoms with Gasteiger partial charge in [0.2, 0.25) is 0 Å². The molecular formula is C16H28N4. The minimum absolute atomic E-state index is 0.645. The van der Waals surface area contributed by atoms with Crippen LogP contribution in [0.3, 0.4) is 0 Å². The molecule has 0 aliphatic carbocycles. The maximum absolute atomic E-state index is 4.72. The Morgan fingerprint density at radius 2 is 2.15 bits per heavy atom. The first-order valence-electron chi connectivity index (χ1n) is 7.77. The summed E-state index contributed by atoms with van der Waals surface area (Å²) in [6, 6.07) is 2.91. The second kappa shape index (κ2) is 7.04. The van der Waals surface area contributed by atoms with Crippen molar-refractivity contribution < 1.29 is 0 Å². The molecular weight excluding hydrogens is 248 g/mol. The molecule has 4 heteroatoms. The molecule has 0 aromatic carbocycles. The number of hydrogen-bond donors (Lipinski definition) is 1. The molecule has 2 heterocycles. The monoisotopic (exact) mass is 276 g/mol. The molecule has 0 saturated carbocycles. The summed E-state index contributed by atoms with van der Waals surface area (Å²) in [7, 11) is 2.23. The zero-order chi connectivity index (χ0) is 14.5. The number of nitrogens with one attached hydrogen (secondary N) is 1. The van der Waals surface area contributed by atoms with Crippen molar-refractivity contribution in [1.29, 1.82) is 0 Å². The Morgan fingerprint density at radius 1 is 1.35 bits per heavy atom. The van der Waals surface area contributed by atoms with Gasteiger partial charge in [0.15, 0.2) is 0 Å². The average Bonchev–Trinajstić information content (AvgIpc) is 2.46. The van der Waals surface area contributed by atoms with Crippen LogP contribution in [0.4, 0.5) is 5.82 Å². The molecule has 1 aliphatic heterocycles. The number of likely N-dealkylation sites (N-methyl/N-ethyl adjacent to an activating group) is 1. The number of anilines is 1. The van der Waals surface area contributed by atoms with Gasteiger partial charge in [0.1, 0.15) is 5.82 Å². The molecule has 20 heavy (non-hydrogen) atoms. The van der Waals surface area contributed by atoms with Gasteiger partial charge in [-0.05, 0) is 44.1 Å². The molecule has 4 nitrogen and oxygen atoms in total. The first-order valence-corrected chi connectivity index (χ1v) is 7.77. The van der Waals surface area contributed by atoms with Crippen LogP contribution in [0, 0.1) is 6.92 Å². The molecule has 0 radical (unpaired) electrons. The lowest BCUT2D eigenvalue weighted by atomic mass is 10.1. The van der Waals surface area contributed by atoms with Crippen LogP contribution in [0.15, 0.2) is 12.3 Å². The Kier molecular flexibility index (Phi) is 5.38. The molecule has 1 saturated heterocycles. The summed E-state index contributed by atoms with van der Waals surface area (Å²) in [6.07, 6.45) is 3.22. The lowest BCUT2D eigenvalue weighted by molar-refractivity contribution is 0.213. The van der Waals surface area contributed by atoms with E-state index >= 15 is 0 Å². The molecule has 1 unspecified atom stereocenters. The zero-order valence-electron chi connectivity index (χ0n) is 13.3. The van der Waals surface area contributed by atoms with Gasteiger partial charge in [0.25, 0.3) is 0 Å². The lowest BCUT2D eigenvalue weighted by Crippen LogP contribution is -2.51. The minimum atomic E-state index is 0.645. The fourth-order valence-corrected chi connectivity index (χ4v) is 2.90. The van der Waals surface area contributed by atoms with Crippen molar-refractivity contribution in [2.75, 3.05) is 38.1 Å². The molecule has 1 atom stereocenters. The standard InChI is InChI=1S/C16H28N4/c1-5-15-12-20(8-7-19(15)4)16-13(3)9-14(11-18-16)10-17-6-2/h9,11,15,17H,5-8,10,12H2,1-4H3. The maximum Gasteiger partial charge on any atom is 0.131 e. The van der Waals surface area contributed by atoms with Gasteiger partial charge in [0.05, 0.1) is 0 Å². The van der Waals surface area contributed by atoms with Crippen LogP contribution in [0.5, 0.6) is 0 Å². The highest BCUT2D eigenvalue weighted by Gasteiger charge is 2.24. The number of piperazine rings is 1. The van der Waals surface area contributed by atoms with Crippen LogP contribution in [-0.4, -0.2) is 49.2 Å². The Hall–Kier alpha value is -1.13. The average molecular weight is 276 g/mol. The van der Waals surface area contributed by atoms with E-state index in [9.17, 15) is 0 Å². The highest BCUT2D eigenvalue weighted by molar-refractivity contribution is 5.48. The second-order valence-electron chi connectivity index (χ2n) is 5.75. The van der Waals surface area contributed by atoms with Crippen molar-refractivity contribution in [3.63, 3.8) is 0 Å². The SMILES string of the molecule is CCNCc1cnc(N2CCN(C)C(CC)C2)c(C)c1. The van der Waals surface area contributed by atoms with Crippen molar-refractivity contribution in [1.82, 2.24) is 15.2 Å². The van der Waals surface area contributed by atoms with Crippen molar-refractivity contribution in [2.45, 2.75) is 39.8 Å². The molecule has 0 amide bonds. The van der Waals surface area contributed by atoms with E-state index in [2.05, 4.69) is 49.0 Å². The first kappa shape index (κ1) is 15.3. The lowest BCUT2D eigenvalue weighted by Gasteiger charge is -2.40. The summed E-state index contributed by atoms with van der Waals surface area (Å²) in [5, 5.41) is 3.35. The fraction of sp³-hybridized carbons (Fsp3) is 0.688. The Morgan fingerprint density at radius 3 is 2.80 bits per heavy atom. The summed E-state index contributed by atoms with van der Waals surface area (Å²) in [4.78, 5) is 9.62. The number of aryl methyl sites for hydroxylation is 1. The van der Waals surface area contributed by atoms with E-state index in [-0.39, 0.29) is 0 Å². The third-order valence-corrected chi connectivity index (χ3v) is 4.23. The third kappa shape index (κ3) is 3.49. The molecule has 1 N–H and O–H groups in total. The van der Waals surface area contributed by atoms with Crippen molar-refractivity contribution >= 4 is 5.82 Å². The van der Waals surface area contributed by atoms with E-state index in [1.807, 2.05) is 6.20 Å². The number of pyridine rings is 1. The van der Waals surface area contributed by atoms with E-state index in [4.69, 9.17) is 4.98 Å². The topological polar surface area (TPSA) is 31.4 Å². The predicted octanol–water partition coefficient (Wildman–Crippen LogP) is 2.03. The molecule has 2 rings (SSSR count). The molecule has 112 valence electrons. The summed E-state index contributed by atoms with van der Waals surface area (Å²) >= 11 is 0. The van der Waals surface area contributed by atoms with E-state index in [1.165, 1.54) is 17.5 Å². The minimum Gasteiger partial charge on any atom is -0.354 e. The number of nitrogens with zero attached hydrogens (tertiary/aromatic N) is 3. The van der Waals surface area contributed by atoms with E-state index in [0.29, 0.717) is 6.04 Å².